The lowest BCUT2D eigenvalue weighted by molar-refractivity contribution is -0.0815. The maximum Gasteiger partial charge on any atom is 0.338 e. The number of nitrogens with one attached hydrogen (secondary N) is 1. The number of aryl methyl sites for hydroxylation is 1. The van der Waals surface area contributed by atoms with Crippen LogP contribution in [0.2, 0.25) is 0 Å². The molecule has 0 heterocycles. The molecule has 3 aliphatic rings. The van der Waals surface area contributed by atoms with Gasteiger partial charge in [0.2, 0.25) is 0 Å². The Bertz CT molecular complexity index is 1400. The fourth-order valence-electron chi connectivity index (χ4n) is 7.98. The lowest BCUT2D eigenvalue weighted by Gasteiger charge is -2.61. The SMILES string of the molecule is C=C[C@@H]1CC2CC[C@@]1(C)C[C@]2(C)[C@@H](C)c1cccc2ccc(CC)cc12.CCN(CC)CCOC(=O)c1ccc(NCl)cc1. The second-order valence-corrected chi connectivity index (χ2v) is 13.7. The number of hydrogen-bond donors (Lipinski definition) is 1. The number of esters is 1. The van der Waals surface area contributed by atoms with Crippen molar-refractivity contribution in [3.8, 4) is 0 Å². The number of halogens is 1. The van der Waals surface area contributed by atoms with E-state index in [4.69, 9.17) is 16.5 Å². The second kappa shape index (κ2) is 15.0. The number of nitrogens with zero attached hydrogens (tertiary/aromatic N) is 1. The van der Waals surface area contributed by atoms with Gasteiger partial charge in [-0.15, -0.1) is 6.58 Å². The lowest BCUT2D eigenvalue weighted by atomic mass is 9.44. The van der Waals surface area contributed by atoms with Gasteiger partial charge in [-0.05, 0) is 120 Å². The Morgan fingerprint density at radius 1 is 1.11 bits per heavy atom. The van der Waals surface area contributed by atoms with Gasteiger partial charge >= 0.3 is 5.97 Å². The van der Waals surface area contributed by atoms with Gasteiger partial charge in [-0.25, -0.2) is 4.79 Å². The fraction of sp³-hybridized carbons (Fsp3) is 0.513. The molecule has 3 saturated carbocycles. The predicted octanol–water partition coefficient (Wildman–Crippen LogP) is 10.3. The molecular weight excluding hydrogens is 564 g/mol. The minimum absolute atomic E-state index is 0.303. The van der Waals surface area contributed by atoms with Gasteiger partial charge in [0.1, 0.15) is 6.61 Å². The summed E-state index contributed by atoms with van der Waals surface area (Å²) in [5.41, 5.74) is 5.13. The molecule has 0 radical (unpaired) electrons. The predicted molar refractivity (Wildman–Crippen MR) is 188 cm³/mol. The van der Waals surface area contributed by atoms with Crippen molar-refractivity contribution in [1.29, 1.82) is 0 Å². The van der Waals surface area contributed by atoms with Gasteiger partial charge in [-0.1, -0.05) is 84.0 Å². The molecule has 3 aromatic rings. The quantitative estimate of drug-likeness (QED) is 0.132. The summed E-state index contributed by atoms with van der Waals surface area (Å²) < 4.78 is 5.20. The number of carbonyl (C=O) groups excluding carboxylic acids is 1. The number of carbonyl (C=O) groups is 1. The topological polar surface area (TPSA) is 41.6 Å². The van der Waals surface area contributed by atoms with Crippen LogP contribution in [-0.4, -0.2) is 37.1 Å². The van der Waals surface area contributed by atoms with Crippen molar-refractivity contribution in [2.45, 2.75) is 79.6 Å². The van der Waals surface area contributed by atoms with Gasteiger partial charge in [0, 0.05) is 24.0 Å². The number of allylic oxidation sites excluding steroid dienone is 1. The van der Waals surface area contributed by atoms with Crippen LogP contribution < -0.4 is 4.84 Å². The van der Waals surface area contributed by atoms with Crippen LogP contribution in [0.1, 0.15) is 94.6 Å². The van der Waals surface area contributed by atoms with Crippen molar-refractivity contribution in [3.05, 3.63) is 90.0 Å². The van der Waals surface area contributed by atoms with Gasteiger partial charge in [0.25, 0.3) is 0 Å². The Kier molecular flexibility index (Phi) is 11.6. The summed E-state index contributed by atoms with van der Waals surface area (Å²) in [7, 11) is 0. The molecular formula is C39H53ClN2O2. The van der Waals surface area contributed by atoms with Crippen molar-refractivity contribution in [2.75, 3.05) is 31.1 Å². The second-order valence-electron chi connectivity index (χ2n) is 13.5. The molecule has 5 atom stereocenters. The first-order valence-corrected chi connectivity index (χ1v) is 17.0. The third kappa shape index (κ3) is 7.35. The summed E-state index contributed by atoms with van der Waals surface area (Å²) in [4.78, 5) is 16.4. The van der Waals surface area contributed by atoms with Crippen LogP contribution >= 0.6 is 11.8 Å². The lowest BCUT2D eigenvalue weighted by Crippen LogP contribution is -2.51. The van der Waals surface area contributed by atoms with Crippen LogP contribution in [0, 0.1) is 22.7 Å². The molecule has 1 unspecified atom stereocenters. The molecule has 3 aromatic carbocycles. The average molecular weight is 617 g/mol. The van der Waals surface area contributed by atoms with E-state index in [0.29, 0.717) is 34.8 Å². The summed E-state index contributed by atoms with van der Waals surface area (Å²) in [6.45, 7) is 21.3. The number of rotatable bonds is 11. The summed E-state index contributed by atoms with van der Waals surface area (Å²) in [5.74, 6) is 1.82. The first kappa shape index (κ1) is 34.1. The van der Waals surface area contributed by atoms with E-state index in [9.17, 15) is 4.79 Å². The molecule has 3 fully saturated rings. The van der Waals surface area contributed by atoms with Gasteiger partial charge in [0.05, 0.1) is 5.56 Å². The van der Waals surface area contributed by atoms with Crippen LogP contribution in [0.15, 0.2) is 73.3 Å². The first-order chi connectivity index (χ1) is 21.1. The number of likely N-dealkylation sites (N-methyl/N-ethyl adjacent to an activating group) is 1. The molecule has 0 spiro atoms. The Morgan fingerprint density at radius 3 is 2.45 bits per heavy atom. The van der Waals surface area contributed by atoms with Crippen LogP contribution in [0.5, 0.6) is 0 Å². The van der Waals surface area contributed by atoms with Gasteiger partial charge < -0.3 is 9.64 Å². The van der Waals surface area contributed by atoms with Crippen LogP contribution in [0.25, 0.3) is 10.8 Å². The molecule has 5 heteroatoms. The monoisotopic (exact) mass is 616 g/mol. The zero-order valence-corrected chi connectivity index (χ0v) is 28.6. The van der Waals surface area contributed by atoms with Crippen molar-refractivity contribution >= 4 is 34.2 Å². The number of hydrogen-bond acceptors (Lipinski definition) is 4. The standard InChI is InChI=1S/C26H34.C13H19ClN2O2/c1-6-19-11-12-20-9-8-10-23(24(20)15-19)18(3)26(5)17-25(4)14-13-22(26)16-21(25)7-2;1-3-16(4-2)9-10-18-13(17)11-5-7-12(15-14)8-6-11/h7-12,15,18,21-22H,2,6,13-14,16-17H2,1,3-5H3;5-8,15H,3-4,9-10H2,1-2H3/t18-,21+,22?,25-,26+;/m0./s1. The molecule has 0 amide bonds. The normalized spacial score (nSPS) is 24.8. The number of benzene rings is 3. The molecule has 3 aliphatic carbocycles. The molecule has 2 bridgehead atoms. The van der Waals surface area contributed by atoms with Crippen molar-refractivity contribution in [3.63, 3.8) is 0 Å². The highest BCUT2D eigenvalue weighted by molar-refractivity contribution is 6.24. The molecule has 1 N–H and O–H groups in total. The van der Waals surface area contributed by atoms with Crippen molar-refractivity contribution in [2.24, 2.45) is 22.7 Å². The molecule has 4 nitrogen and oxygen atoms in total. The summed E-state index contributed by atoms with van der Waals surface area (Å²) in [6.07, 6.45) is 8.82. The number of ether oxygens (including phenoxy) is 1. The van der Waals surface area contributed by atoms with E-state index >= 15 is 0 Å². The molecule has 0 saturated heterocycles. The highest BCUT2D eigenvalue weighted by atomic mass is 35.5. The Balaban J connectivity index is 0.000000217. The van der Waals surface area contributed by atoms with Gasteiger partial charge in [-0.2, -0.15) is 0 Å². The average Bonchev–Trinajstić information content (AvgIpc) is 3.05. The smallest absolute Gasteiger partial charge is 0.338 e. The van der Waals surface area contributed by atoms with Gasteiger partial charge in [-0.3, -0.25) is 4.84 Å². The summed E-state index contributed by atoms with van der Waals surface area (Å²) >= 11 is 5.44. The molecule has 44 heavy (non-hydrogen) atoms. The van der Waals surface area contributed by atoms with E-state index < -0.39 is 0 Å². The maximum absolute atomic E-state index is 11.7. The number of fused-ring (bicyclic) bond motifs is 4. The minimum Gasteiger partial charge on any atom is -0.461 e. The number of anilines is 1. The van der Waals surface area contributed by atoms with Gasteiger partial charge in [0.15, 0.2) is 0 Å². The maximum atomic E-state index is 11.7. The zero-order chi connectivity index (χ0) is 31.9. The minimum atomic E-state index is -0.303. The molecule has 0 aliphatic heterocycles. The van der Waals surface area contributed by atoms with E-state index in [0.717, 1.165) is 37.7 Å². The summed E-state index contributed by atoms with van der Waals surface area (Å²) in [5, 5.41) is 2.87. The Labute approximate surface area is 271 Å². The molecule has 0 aromatic heterocycles. The van der Waals surface area contributed by atoms with E-state index in [2.05, 4.69) is 100 Å². The fourth-order valence-corrected chi connectivity index (χ4v) is 8.10. The molecule has 6 rings (SSSR count). The third-order valence-corrected chi connectivity index (χ3v) is 11.3. The highest BCUT2D eigenvalue weighted by Gasteiger charge is 2.55. The highest BCUT2D eigenvalue weighted by Crippen LogP contribution is 2.65. The largest absolute Gasteiger partial charge is 0.461 e. The van der Waals surface area contributed by atoms with E-state index in [-0.39, 0.29) is 5.97 Å². The first-order valence-electron chi connectivity index (χ1n) is 16.6. The zero-order valence-electron chi connectivity index (χ0n) is 27.8. The van der Waals surface area contributed by atoms with Crippen molar-refractivity contribution < 1.29 is 9.53 Å². The van der Waals surface area contributed by atoms with E-state index in [1.807, 2.05) is 0 Å². The van der Waals surface area contributed by atoms with E-state index in [1.54, 1.807) is 29.8 Å². The third-order valence-electron chi connectivity index (χ3n) is 11.1. The Hall–Kier alpha value is -2.82. The Morgan fingerprint density at radius 2 is 1.84 bits per heavy atom. The molecule has 238 valence electrons. The van der Waals surface area contributed by atoms with E-state index in [1.165, 1.54) is 42.0 Å². The van der Waals surface area contributed by atoms with Crippen molar-refractivity contribution in [1.82, 2.24) is 4.90 Å². The van der Waals surface area contributed by atoms with Crippen LogP contribution in [0.3, 0.4) is 0 Å². The summed E-state index contributed by atoms with van der Waals surface area (Å²) in [6, 6.07) is 20.8. The van der Waals surface area contributed by atoms with Crippen LogP contribution in [-0.2, 0) is 11.2 Å². The van der Waals surface area contributed by atoms with Crippen LogP contribution in [0.4, 0.5) is 5.69 Å².